The SMILES string of the molecule is Cc1cc(C)c(S(=O)(=O)OCC(O)CO)c(C)c1. The summed E-state index contributed by atoms with van der Waals surface area (Å²) in [6.07, 6.45) is -1.20. The molecule has 102 valence electrons. The minimum Gasteiger partial charge on any atom is -0.394 e. The highest BCUT2D eigenvalue weighted by Gasteiger charge is 2.22. The highest BCUT2D eigenvalue weighted by molar-refractivity contribution is 7.86. The largest absolute Gasteiger partial charge is 0.394 e. The van der Waals surface area contributed by atoms with E-state index in [-0.39, 0.29) is 4.90 Å². The van der Waals surface area contributed by atoms with Crippen molar-refractivity contribution < 1.29 is 22.8 Å². The van der Waals surface area contributed by atoms with Gasteiger partial charge in [0.15, 0.2) is 0 Å². The molecule has 18 heavy (non-hydrogen) atoms. The van der Waals surface area contributed by atoms with Gasteiger partial charge in [0.25, 0.3) is 10.1 Å². The molecule has 0 aliphatic carbocycles. The van der Waals surface area contributed by atoms with Gasteiger partial charge < -0.3 is 10.2 Å². The van der Waals surface area contributed by atoms with Crippen LogP contribution in [0.3, 0.4) is 0 Å². The summed E-state index contributed by atoms with van der Waals surface area (Å²) < 4.78 is 28.7. The number of aryl methyl sites for hydroxylation is 3. The van der Waals surface area contributed by atoms with Crippen molar-refractivity contribution in [3.05, 3.63) is 28.8 Å². The summed E-state index contributed by atoms with van der Waals surface area (Å²) in [5.74, 6) is 0. The van der Waals surface area contributed by atoms with E-state index in [0.29, 0.717) is 11.1 Å². The van der Waals surface area contributed by atoms with E-state index in [0.717, 1.165) is 5.56 Å². The van der Waals surface area contributed by atoms with E-state index in [1.807, 2.05) is 6.92 Å². The van der Waals surface area contributed by atoms with Gasteiger partial charge in [-0.2, -0.15) is 8.42 Å². The Morgan fingerprint density at radius 1 is 1.22 bits per heavy atom. The third-order valence-electron chi connectivity index (χ3n) is 2.48. The Balaban J connectivity index is 3.06. The second-order valence-corrected chi connectivity index (χ2v) is 5.86. The third-order valence-corrected chi connectivity index (χ3v) is 4.07. The Bertz CT molecular complexity index is 498. The van der Waals surface area contributed by atoms with Crippen LogP contribution in [0, 0.1) is 20.8 Å². The molecule has 1 rings (SSSR count). The van der Waals surface area contributed by atoms with E-state index in [9.17, 15) is 8.42 Å². The molecule has 0 spiro atoms. The lowest BCUT2D eigenvalue weighted by Crippen LogP contribution is -2.22. The summed E-state index contributed by atoms with van der Waals surface area (Å²) in [6.45, 7) is 4.27. The van der Waals surface area contributed by atoms with Gasteiger partial charge in [-0.1, -0.05) is 17.7 Å². The summed E-state index contributed by atoms with van der Waals surface area (Å²) in [7, 11) is -3.91. The van der Waals surface area contributed by atoms with Crippen molar-refractivity contribution in [1.82, 2.24) is 0 Å². The van der Waals surface area contributed by atoms with E-state index < -0.39 is 29.4 Å². The third kappa shape index (κ3) is 3.52. The van der Waals surface area contributed by atoms with Gasteiger partial charge in [0, 0.05) is 0 Å². The minimum atomic E-state index is -3.91. The second-order valence-electron chi connectivity index (χ2n) is 4.30. The first-order valence-corrected chi connectivity index (χ1v) is 6.95. The summed E-state index contributed by atoms with van der Waals surface area (Å²) in [5, 5.41) is 17.7. The Morgan fingerprint density at radius 3 is 2.17 bits per heavy atom. The summed E-state index contributed by atoms with van der Waals surface area (Å²) in [5.41, 5.74) is 2.18. The standard InChI is InChI=1S/C12H18O5S/c1-8-4-9(2)12(10(3)5-8)18(15,16)17-7-11(14)6-13/h4-5,11,13-14H,6-7H2,1-3H3. The van der Waals surface area contributed by atoms with Gasteiger partial charge in [0.1, 0.15) is 6.10 Å². The molecule has 0 aromatic heterocycles. The molecule has 0 bridgehead atoms. The Hall–Kier alpha value is -0.950. The zero-order valence-corrected chi connectivity index (χ0v) is 11.5. The molecule has 6 heteroatoms. The quantitative estimate of drug-likeness (QED) is 0.771. The zero-order valence-electron chi connectivity index (χ0n) is 10.7. The number of aliphatic hydroxyl groups excluding tert-OH is 2. The fraction of sp³-hybridized carbons (Fsp3) is 0.500. The van der Waals surface area contributed by atoms with Crippen molar-refractivity contribution in [2.75, 3.05) is 13.2 Å². The van der Waals surface area contributed by atoms with Crippen LogP contribution in [0.5, 0.6) is 0 Å². The average Bonchev–Trinajstić information content (AvgIpc) is 2.24. The molecule has 1 atom stereocenters. The van der Waals surface area contributed by atoms with Crippen LogP contribution in [0.4, 0.5) is 0 Å². The van der Waals surface area contributed by atoms with Crippen molar-refractivity contribution in [2.45, 2.75) is 31.8 Å². The predicted molar refractivity (Wildman–Crippen MR) is 66.9 cm³/mol. The molecule has 0 saturated heterocycles. The van der Waals surface area contributed by atoms with Crippen molar-refractivity contribution in [2.24, 2.45) is 0 Å². The van der Waals surface area contributed by atoms with Gasteiger partial charge >= 0.3 is 0 Å². The molecule has 1 aromatic rings. The fourth-order valence-corrected chi connectivity index (χ4v) is 3.20. The van der Waals surface area contributed by atoms with E-state index >= 15 is 0 Å². The van der Waals surface area contributed by atoms with Crippen molar-refractivity contribution >= 4 is 10.1 Å². The van der Waals surface area contributed by atoms with Crippen LogP contribution in [0.1, 0.15) is 16.7 Å². The zero-order chi connectivity index (χ0) is 13.9. The van der Waals surface area contributed by atoms with E-state index in [1.54, 1.807) is 26.0 Å². The fourth-order valence-electron chi connectivity index (χ4n) is 1.84. The van der Waals surface area contributed by atoms with Gasteiger partial charge in [-0.3, -0.25) is 4.18 Å². The number of benzene rings is 1. The van der Waals surface area contributed by atoms with Crippen LogP contribution < -0.4 is 0 Å². The predicted octanol–water partition coefficient (Wildman–Crippen LogP) is 0.670. The summed E-state index contributed by atoms with van der Waals surface area (Å²) in [6, 6.07) is 3.51. The van der Waals surface area contributed by atoms with E-state index in [2.05, 4.69) is 0 Å². The summed E-state index contributed by atoms with van der Waals surface area (Å²) in [4.78, 5) is 0.123. The number of hydrogen-bond acceptors (Lipinski definition) is 5. The molecule has 0 amide bonds. The molecule has 1 aromatic carbocycles. The molecular formula is C12H18O5S. The first-order chi connectivity index (χ1) is 8.27. The second kappa shape index (κ2) is 5.79. The van der Waals surface area contributed by atoms with Crippen LogP contribution in [0.15, 0.2) is 17.0 Å². The molecular weight excluding hydrogens is 256 g/mol. The molecule has 0 radical (unpaired) electrons. The van der Waals surface area contributed by atoms with Gasteiger partial charge in [-0.15, -0.1) is 0 Å². The van der Waals surface area contributed by atoms with Crippen LogP contribution in [0.2, 0.25) is 0 Å². The number of hydrogen-bond donors (Lipinski definition) is 2. The van der Waals surface area contributed by atoms with Crippen molar-refractivity contribution in [3.8, 4) is 0 Å². The van der Waals surface area contributed by atoms with Crippen LogP contribution >= 0.6 is 0 Å². The molecule has 0 fully saturated rings. The highest BCUT2D eigenvalue weighted by atomic mass is 32.2. The molecule has 0 saturated carbocycles. The van der Waals surface area contributed by atoms with Gasteiger partial charge in [-0.05, 0) is 31.9 Å². The molecule has 0 heterocycles. The number of rotatable bonds is 5. The van der Waals surface area contributed by atoms with E-state index in [4.69, 9.17) is 14.4 Å². The van der Waals surface area contributed by atoms with Crippen LogP contribution in [0.25, 0.3) is 0 Å². The maximum atomic E-state index is 12.0. The molecule has 0 aliphatic heterocycles. The van der Waals surface area contributed by atoms with E-state index in [1.165, 1.54) is 0 Å². The first-order valence-electron chi connectivity index (χ1n) is 5.54. The molecule has 2 N–H and O–H groups in total. The van der Waals surface area contributed by atoms with Gasteiger partial charge in [-0.25, -0.2) is 0 Å². The topological polar surface area (TPSA) is 83.8 Å². The smallest absolute Gasteiger partial charge is 0.297 e. The first kappa shape index (κ1) is 15.1. The maximum Gasteiger partial charge on any atom is 0.297 e. The monoisotopic (exact) mass is 274 g/mol. The molecule has 0 aliphatic rings. The van der Waals surface area contributed by atoms with Gasteiger partial charge in [0.2, 0.25) is 0 Å². The Morgan fingerprint density at radius 2 is 1.72 bits per heavy atom. The lowest BCUT2D eigenvalue weighted by molar-refractivity contribution is 0.0556. The van der Waals surface area contributed by atoms with Crippen LogP contribution in [-0.2, 0) is 14.3 Å². The Labute approximate surface area is 107 Å². The minimum absolute atomic E-state index is 0.123. The Kier molecular flexibility index (Phi) is 4.86. The number of aliphatic hydroxyl groups is 2. The normalized spacial score (nSPS) is 13.6. The summed E-state index contributed by atoms with van der Waals surface area (Å²) >= 11 is 0. The lowest BCUT2D eigenvalue weighted by atomic mass is 10.1. The van der Waals surface area contributed by atoms with Crippen molar-refractivity contribution in [1.29, 1.82) is 0 Å². The van der Waals surface area contributed by atoms with Crippen LogP contribution in [-0.4, -0.2) is 37.9 Å². The average molecular weight is 274 g/mol. The highest BCUT2D eigenvalue weighted by Crippen LogP contribution is 2.23. The lowest BCUT2D eigenvalue weighted by Gasteiger charge is -2.13. The molecule has 1 unspecified atom stereocenters. The van der Waals surface area contributed by atoms with Gasteiger partial charge in [0.05, 0.1) is 18.1 Å². The van der Waals surface area contributed by atoms with Crippen molar-refractivity contribution in [3.63, 3.8) is 0 Å². The maximum absolute atomic E-state index is 12.0. The molecule has 5 nitrogen and oxygen atoms in total.